The number of hydrogen-bond donors (Lipinski definition) is 2. The van der Waals surface area contributed by atoms with Gasteiger partial charge in [0.1, 0.15) is 12.3 Å². The second-order valence-corrected chi connectivity index (χ2v) is 10.6. The average Bonchev–Trinajstić information content (AvgIpc) is 3.45. The summed E-state index contributed by atoms with van der Waals surface area (Å²) < 4.78 is 33.6. The lowest BCUT2D eigenvalue weighted by molar-refractivity contribution is -0.114. The van der Waals surface area contributed by atoms with Crippen LogP contribution in [-0.4, -0.2) is 26.8 Å². The molecule has 2 amide bonds. The van der Waals surface area contributed by atoms with Gasteiger partial charge in [-0.05, 0) is 67.4 Å². The van der Waals surface area contributed by atoms with Crippen molar-refractivity contribution in [1.29, 1.82) is 0 Å². The zero-order valence-electron chi connectivity index (χ0n) is 21.2. The molecule has 4 rings (SSSR count). The molecule has 4 aromatic rings. The molecule has 9 heteroatoms. The Bertz CT molecular complexity index is 1500. The summed E-state index contributed by atoms with van der Waals surface area (Å²) in [6.45, 7) is 3.58. The van der Waals surface area contributed by atoms with Crippen LogP contribution in [0.1, 0.15) is 34.2 Å². The van der Waals surface area contributed by atoms with E-state index in [1.54, 1.807) is 60.7 Å². The van der Waals surface area contributed by atoms with Crippen molar-refractivity contribution in [3.63, 3.8) is 0 Å². The predicted octanol–water partition coefficient (Wildman–Crippen LogP) is 4.91. The van der Waals surface area contributed by atoms with Crippen molar-refractivity contribution in [1.82, 2.24) is 5.32 Å². The predicted molar refractivity (Wildman–Crippen MR) is 146 cm³/mol. The zero-order valence-corrected chi connectivity index (χ0v) is 22.0. The third-order valence-corrected chi connectivity index (χ3v) is 7.77. The van der Waals surface area contributed by atoms with Crippen LogP contribution in [0.15, 0.2) is 101 Å². The van der Waals surface area contributed by atoms with Crippen molar-refractivity contribution in [2.45, 2.75) is 31.7 Å². The number of carbonyl (C=O) groups excluding carboxylic acids is 2. The number of para-hydroxylation sites is 1. The monoisotopic (exact) mass is 531 g/mol. The van der Waals surface area contributed by atoms with E-state index in [2.05, 4.69) is 10.6 Å². The quantitative estimate of drug-likeness (QED) is 0.302. The van der Waals surface area contributed by atoms with Crippen LogP contribution in [-0.2, 0) is 27.8 Å². The van der Waals surface area contributed by atoms with Gasteiger partial charge in [0.15, 0.2) is 0 Å². The van der Waals surface area contributed by atoms with Crippen molar-refractivity contribution in [3.05, 3.63) is 114 Å². The molecule has 0 fully saturated rings. The van der Waals surface area contributed by atoms with Crippen LogP contribution in [0.2, 0.25) is 0 Å². The fourth-order valence-corrected chi connectivity index (χ4v) is 5.26. The van der Waals surface area contributed by atoms with Gasteiger partial charge in [-0.25, -0.2) is 8.42 Å². The molecule has 0 unspecified atom stereocenters. The molecule has 0 aliphatic rings. The highest BCUT2D eigenvalue weighted by molar-refractivity contribution is 7.92. The Labute approximate surface area is 222 Å². The van der Waals surface area contributed by atoms with Crippen molar-refractivity contribution in [2.75, 3.05) is 16.2 Å². The van der Waals surface area contributed by atoms with Crippen LogP contribution in [0, 0.1) is 6.92 Å². The number of aryl methyl sites for hydroxylation is 2. The molecule has 1 aromatic heterocycles. The number of sulfonamides is 1. The van der Waals surface area contributed by atoms with Crippen LogP contribution < -0.4 is 14.9 Å². The largest absolute Gasteiger partial charge is 0.467 e. The molecule has 38 heavy (non-hydrogen) atoms. The summed E-state index contributed by atoms with van der Waals surface area (Å²) in [5, 5.41) is 5.46. The fourth-order valence-electron chi connectivity index (χ4n) is 3.84. The number of hydrogen-bond acceptors (Lipinski definition) is 5. The molecule has 2 N–H and O–H groups in total. The van der Waals surface area contributed by atoms with E-state index in [4.69, 9.17) is 4.42 Å². The van der Waals surface area contributed by atoms with E-state index in [9.17, 15) is 18.0 Å². The minimum atomic E-state index is -4.06. The first-order chi connectivity index (χ1) is 18.3. The summed E-state index contributed by atoms with van der Waals surface area (Å²) in [6.07, 6.45) is 2.31. The normalized spacial score (nSPS) is 11.1. The van der Waals surface area contributed by atoms with E-state index in [1.165, 1.54) is 18.4 Å². The maximum Gasteiger partial charge on any atom is 0.264 e. The van der Waals surface area contributed by atoms with Crippen LogP contribution >= 0.6 is 0 Å². The number of nitrogens with one attached hydrogen (secondary N) is 2. The Kier molecular flexibility index (Phi) is 8.28. The number of nitrogens with zero attached hydrogens (tertiary/aromatic N) is 1. The Morgan fingerprint density at radius 3 is 2.26 bits per heavy atom. The van der Waals surface area contributed by atoms with Crippen molar-refractivity contribution < 1.29 is 22.4 Å². The van der Waals surface area contributed by atoms with Crippen molar-refractivity contribution in [3.8, 4) is 0 Å². The number of furan rings is 1. The molecule has 0 radical (unpaired) electrons. The lowest BCUT2D eigenvalue weighted by Gasteiger charge is -2.24. The van der Waals surface area contributed by atoms with Crippen LogP contribution in [0.3, 0.4) is 0 Å². The van der Waals surface area contributed by atoms with Gasteiger partial charge in [-0.15, -0.1) is 0 Å². The summed E-state index contributed by atoms with van der Waals surface area (Å²) in [5.41, 5.74) is 2.83. The van der Waals surface area contributed by atoms with Crippen molar-refractivity contribution in [2.24, 2.45) is 0 Å². The Hall–Kier alpha value is -4.37. The molecule has 0 aliphatic carbocycles. The first-order valence-electron chi connectivity index (χ1n) is 12.2. The topological polar surface area (TPSA) is 109 Å². The SMILES string of the molecule is CCc1ccc(N(CC(=O)Nc2ccccc2C(=O)NCc2ccco2)S(=O)(=O)c2ccc(C)cc2)cc1. The van der Waals surface area contributed by atoms with Gasteiger partial charge in [-0.2, -0.15) is 0 Å². The lowest BCUT2D eigenvalue weighted by Crippen LogP contribution is -2.38. The molecule has 0 saturated carbocycles. The van der Waals surface area contributed by atoms with Crippen LogP contribution in [0.25, 0.3) is 0 Å². The van der Waals surface area contributed by atoms with E-state index in [-0.39, 0.29) is 22.7 Å². The maximum absolute atomic E-state index is 13.6. The molecular formula is C29H29N3O5S. The minimum absolute atomic E-state index is 0.0770. The molecule has 1 heterocycles. The lowest BCUT2D eigenvalue weighted by atomic mass is 10.1. The average molecular weight is 532 g/mol. The first-order valence-corrected chi connectivity index (χ1v) is 13.6. The number of benzene rings is 3. The second-order valence-electron chi connectivity index (χ2n) is 8.70. The number of anilines is 2. The van der Waals surface area contributed by atoms with E-state index >= 15 is 0 Å². The van der Waals surface area contributed by atoms with Gasteiger partial charge >= 0.3 is 0 Å². The Morgan fingerprint density at radius 1 is 0.895 bits per heavy atom. The summed E-state index contributed by atoms with van der Waals surface area (Å²) in [7, 11) is -4.06. The molecule has 0 bridgehead atoms. The van der Waals surface area contributed by atoms with Crippen molar-refractivity contribution >= 4 is 33.2 Å². The maximum atomic E-state index is 13.6. The summed E-state index contributed by atoms with van der Waals surface area (Å²) >= 11 is 0. The van der Waals surface area contributed by atoms with E-state index < -0.39 is 28.4 Å². The van der Waals surface area contributed by atoms with Gasteiger partial charge in [0.05, 0.1) is 34.6 Å². The third-order valence-electron chi connectivity index (χ3n) is 5.98. The van der Waals surface area contributed by atoms with E-state index in [1.807, 2.05) is 26.0 Å². The number of carbonyl (C=O) groups is 2. The molecule has 0 spiro atoms. The van der Waals surface area contributed by atoms with Gasteiger partial charge in [-0.3, -0.25) is 13.9 Å². The summed E-state index contributed by atoms with van der Waals surface area (Å²) in [4.78, 5) is 26.1. The standard InChI is InChI=1S/C29H29N3O5S/c1-3-22-12-14-23(15-13-22)32(38(35,36)25-16-10-21(2)11-17-25)20-28(33)31-27-9-5-4-8-26(27)29(34)30-19-24-7-6-18-37-24/h4-18H,3,19-20H2,1-2H3,(H,30,34)(H,31,33). The van der Waals surface area contributed by atoms with Gasteiger partial charge in [0.25, 0.3) is 15.9 Å². The molecular weight excluding hydrogens is 502 g/mol. The van der Waals surface area contributed by atoms with Gasteiger partial charge in [-0.1, -0.05) is 48.9 Å². The zero-order chi connectivity index (χ0) is 27.1. The molecule has 0 aliphatic heterocycles. The molecule has 0 atom stereocenters. The highest BCUT2D eigenvalue weighted by Gasteiger charge is 2.27. The highest BCUT2D eigenvalue weighted by atomic mass is 32.2. The second kappa shape index (κ2) is 11.8. The summed E-state index contributed by atoms with van der Waals surface area (Å²) in [6, 6.07) is 23.5. The number of amides is 2. The van der Waals surface area contributed by atoms with Gasteiger partial charge in [0, 0.05) is 0 Å². The molecule has 3 aromatic carbocycles. The van der Waals surface area contributed by atoms with Crippen LogP contribution in [0.4, 0.5) is 11.4 Å². The highest BCUT2D eigenvalue weighted by Crippen LogP contribution is 2.25. The number of rotatable bonds is 10. The van der Waals surface area contributed by atoms with Crippen LogP contribution in [0.5, 0.6) is 0 Å². The fraction of sp³-hybridized carbons (Fsp3) is 0.172. The van der Waals surface area contributed by atoms with Gasteiger partial charge in [0.2, 0.25) is 5.91 Å². The summed E-state index contributed by atoms with van der Waals surface area (Å²) in [5.74, 6) is -0.408. The molecule has 196 valence electrons. The Morgan fingerprint density at radius 2 is 1.61 bits per heavy atom. The van der Waals surface area contributed by atoms with E-state index in [0.29, 0.717) is 11.4 Å². The Balaban J connectivity index is 1.57. The third kappa shape index (κ3) is 6.30. The minimum Gasteiger partial charge on any atom is -0.467 e. The molecule has 8 nitrogen and oxygen atoms in total. The van der Waals surface area contributed by atoms with Gasteiger partial charge < -0.3 is 15.1 Å². The first kappa shape index (κ1) is 26.7. The van der Waals surface area contributed by atoms with E-state index in [0.717, 1.165) is 21.9 Å². The molecule has 0 saturated heterocycles. The smallest absolute Gasteiger partial charge is 0.264 e.